The lowest BCUT2D eigenvalue weighted by molar-refractivity contribution is 0.160. The number of hydrogen-bond donors (Lipinski definition) is 2. The average molecular weight is 280 g/mol. The smallest absolute Gasteiger partial charge is 0.150 e. The number of aryl methyl sites for hydroxylation is 2. The third-order valence-corrected chi connectivity index (χ3v) is 4.36. The van der Waals surface area contributed by atoms with Crippen LogP contribution in [0.25, 0.3) is 0 Å². The van der Waals surface area contributed by atoms with E-state index in [1.807, 2.05) is 0 Å². The van der Waals surface area contributed by atoms with Gasteiger partial charge >= 0.3 is 0 Å². The van der Waals surface area contributed by atoms with Crippen LogP contribution in [-0.2, 0) is 12.8 Å². The molecule has 0 amide bonds. The molecule has 20 heavy (non-hydrogen) atoms. The zero-order valence-corrected chi connectivity index (χ0v) is 13.0. The van der Waals surface area contributed by atoms with Crippen LogP contribution in [0.15, 0.2) is 0 Å². The van der Waals surface area contributed by atoms with Gasteiger partial charge in [-0.1, -0.05) is 20.8 Å². The van der Waals surface area contributed by atoms with Gasteiger partial charge in [0.2, 0.25) is 0 Å². The Kier molecular flexibility index (Phi) is 5.16. The maximum atomic E-state index is 9.78. The lowest BCUT2D eigenvalue weighted by Crippen LogP contribution is -2.46. The van der Waals surface area contributed by atoms with Crippen molar-refractivity contribution in [3.63, 3.8) is 0 Å². The zero-order valence-electron chi connectivity index (χ0n) is 13.0. The summed E-state index contributed by atoms with van der Waals surface area (Å²) in [6.07, 6.45) is 5.92. The first kappa shape index (κ1) is 15.4. The Morgan fingerprint density at radius 3 is 2.75 bits per heavy atom. The first-order valence-electron chi connectivity index (χ1n) is 7.98. The van der Waals surface area contributed by atoms with E-state index in [0.717, 1.165) is 56.7 Å². The first-order valence-corrected chi connectivity index (χ1v) is 7.98. The third kappa shape index (κ3) is 3.04. The van der Waals surface area contributed by atoms with E-state index in [1.54, 1.807) is 0 Å². The predicted octanol–water partition coefficient (Wildman–Crippen LogP) is 1.86. The average Bonchev–Trinajstić information content (AvgIpc) is 3.09. The summed E-state index contributed by atoms with van der Waals surface area (Å²) < 4.78 is 2.11. The number of aromatic nitrogens is 3. The van der Waals surface area contributed by atoms with Crippen LogP contribution in [0.3, 0.4) is 0 Å². The van der Waals surface area contributed by atoms with Crippen molar-refractivity contribution in [3.05, 3.63) is 11.6 Å². The minimum absolute atomic E-state index is 0.121. The number of hydrogen-bond acceptors (Lipinski definition) is 4. The van der Waals surface area contributed by atoms with Crippen LogP contribution < -0.4 is 5.32 Å². The van der Waals surface area contributed by atoms with Crippen molar-refractivity contribution in [1.82, 2.24) is 20.1 Å². The number of nitrogens with one attached hydrogen (secondary N) is 1. The van der Waals surface area contributed by atoms with Crippen molar-refractivity contribution in [3.8, 4) is 0 Å². The van der Waals surface area contributed by atoms with E-state index in [0.29, 0.717) is 6.04 Å². The van der Waals surface area contributed by atoms with Crippen molar-refractivity contribution >= 4 is 0 Å². The Labute approximate surface area is 121 Å². The molecule has 1 heterocycles. The second-order valence-corrected chi connectivity index (χ2v) is 5.86. The maximum Gasteiger partial charge on any atom is 0.150 e. The topological polar surface area (TPSA) is 63.0 Å². The largest absolute Gasteiger partial charge is 0.394 e. The molecule has 1 aliphatic carbocycles. The highest BCUT2D eigenvalue weighted by molar-refractivity contribution is 5.02. The van der Waals surface area contributed by atoms with Gasteiger partial charge in [0.25, 0.3) is 0 Å². The highest BCUT2D eigenvalue weighted by Crippen LogP contribution is 2.37. The van der Waals surface area contributed by atoms with Gasteiger partial charge in [0, 0.05) is 18.4 Å². The van der Waals surface area contributed by atoms with E-state index in [9.17, 15) is 5.11 Å². The van der Waals surface area contributed by atoms with Gasteiger partial charge in [-0.05, 0) is 32.2 Å². The molecule has 0 aliphatic heterocycles. The molecule has 0 spiro atoms. The third-order valence-electron chi connectivity index (χ3n) is 4.36. The Hall–Kier alpha value is -0.940. The molecule has 2 rings (SSSR count). The highest BCUT2D eigenvalue weighted by Gasteiger charge is 2.39. The van der Waals surface area contributed by atoms with E-state index >= 15 is 0 Å². The molecule has 0 saturated heterocycles. The van der Waals surface area contributed by atoms with Crippen LogP contribution in [0.5, 0.6) is 0 Å². The molecule has 0 aromatic carbocycles. The molecule has 0 radical (unpaired) electrons. The molecule has 1 aromatic rings. The molecule has 114 valence electrons. The summed E-state index contributed by atoms with van der Waals surface area (Å²) in [5, 5.41) is 18.0. The first-order chi connectivity index (χ1) is 9.68. The van der Waals surface area contributed by atoms with Gasteiger partial charge < -0.3 is 10.4 Å². The SMILES string of the molecule is CCCNC1(CO)CCC(n2nc(CC)nc2CC)C1. The van der Waals surface area contributed by atoms with Crippen LogP contribution in [-0.4, -0.2) is 38.6 Å². The van der Waals surface area contributed by atoms with Crippen molar-refractivity contribution in [2.24, 2.45) is 0 Å². The van der Waals surface area contributed by atoms with Gasteiger partial charge in [0.05, 0.1) is 12.6 Å². The van der Waals surface area contributed by atoms with Crippen LogP contribution in [0.2, 0.25) is 0 Å². The molecule has 0 bridgehead atoms. The summed E-state index contributed by atoms with van der Waals surface area (Å²) >= 11 is 0. The molecule has 1 aliphatic rings. The minimum atomic E-state index is -0.121. The molecular weight excluding hydrogens is 252 g/mol. The summed E-state index contributed by atoms with van der Waals surface area (Å²) in [6, 6.07) is 0.370. The molecule has 2 unspecified atom stereocenters. The Bertz CT molecular complexity index is 432. The van der Waals surface area contributed by atoms with Crippen LogP contribution in [0, 0.1) is 0 Å². The van der Waals surface area contributed by atoms with Gasteiger partial charge in [-0.15, -0.1) is 0 Å². The fraction of sp³-hybridized carbons (Fsp3) is 0.867. The number of rotatable bonds is 7. The summed E-state index contributed by atoms with van der Waals surface area (Å²) in [6.45, 7) is 7.55. The lowest BCUT2D eigenvalue weighted by Gasteiger charge is -2.28. The Balaban J connectivity index is 2.13. The molecule has 2 atom stereocenters. The second kappa shape index (κ2) is 6.68. The molecule has 2 N–H and O–H groups in total. The highest BCUT2D eigenvalue weighted by atomic mass is 16.3. The summed E-state index contributed by atoms with van der Waals surface area (Å²) in [4.78, 5) is 4.60. The Morgan fingerprint density at radius 1 is 1.35 bits per heavy atom. The summed E-state index contributed by atoms with van der Waals surface area (Å²) in [7, 11) is 0. The summed E-state index contributed by atoms with van der Waals surface area (Å²) in [5.41, 5.74) is -0.121. The van der Waals surface area contributed by atoms with Crippen molar-refractivity contribution < 1.29 is 5.11 Å². The number of aliphatic hydroxyl groups excluding tert-OH is 1. The molecule has 5 nitrogen and oxygen atoms in total. The predicted molar refractivity (Wildman–Crippen MR) is 79.8 cm³/mol. The summed E-state index contributed by atoms with van der Waals surface area (Å²) in [5.74, 6) is 2.01. The second-order valence-electron chi connectivity index (χ2n) is 5.86. The van der Waals surface area contributed by atoms with E-state index in [2.05, 4.69) is 40.9 Å². The molecule has 1 fully saturated rings. The molecule has 1 aromatic heterocycles. The zero-order chi connectivity index (χ0) is 14.6. The van der Waals surface area contributed by atoms with Gasteiger partial charge in [0.1, 0.15) is 5.82 Å². The van der Waals surface area contributed by atoms with Gasteiger partial charge in [-0.3, -0.25) is 0 Å². The van der Waals surface area contributed by atoms with E-state index in [1.165, 1.54) is 0 Å². The van der Waals surface area contributed by atoms with E-state index < -0.39 is 0 Å². The Morgan fingerprint density at radius 2 is 2.15 bits per heavy atom. The van der Waals surface area contributed by atoms with Gasteiger partial charge in [-0.2, -0.15) is 5.10 Å². The van der Waals surface area contributed by atoms with E-state index in [-0.39, 0.29) is 12.1 Å². The molecular formula is C15H28N4O. The number of nitrogens with zero attached hydrogens (tertiary/aromatic N) is 3. The number of aliphatic hydroxyl groups is 1. The monoisotopic (exact) mass is 280 g/mol. The fourth-order valence-corrected chi connectivity index (χ4v) is 3.14. The normalized spacial score (nSPS) is 26.3. The van der Waals surface area contributed by atoms with Crippen molar-refractivity contribution in [2.75, 3.05) is 13.2 Å². The standard InChI is InChI=1S/C15H28N4O/c1-4-9-16-15(11-20)8-7-12(10-15)19-14(6-3)17-13(5-2)18-19/h12,16,20H,4-11H2,1-3H3. The van der Waals surface area contributed by atoms with Gasteiger partial charge in [-0.25, -0.2) is 9.67 Å². The minimum Gasteiger partial charge on any atom is -0.394 e. The van der Waals surface area contributed by atoms with Crippen molar-refractivity contribution in [2.45, 2.75) is 70.9 Å². The van der Waals surface area contributed by atoms with Crippen molar-refractivity contribution in [1.29, 1.82) is 0 Å². The van der Waals surface area contributed by atoms with E-state index in [4.69, 9.17) is 0 Å². The maximum absolute atomic E-state index is 9.78. The molecule has 5 heteroatoms. The molecule has 1 saturated carbocycles. The lowest BCUT2D eigenvalue weighted by atomic mass is 9.98. The quantitative estimate of drug-likeness (QED) is 0.800. The van der Waals surface area contributed by atoms with Crippen LogP contribution >= 0.6 is 0 Å². The van der Waals surface area contributed by atoms with Crippen LogP contribution in [0.1, 0.15) is 64.1 Å². The van der Waals surface area contributed by atoms with Gasteiger partial charge in [0.15, 0.2) is 5.82 Å². The fourth-order valence-electron chi connectivity index (χ4n) is 3.14. The van der Waals surface area contributed by atoms with Crippen LogP contribution in [0.4, 0.5) is 0 Å².